The molecule has 2 aromatic rings. The molecule has 1 aromatic heterocycles. The number of halogens is 1. The van der Waals surface area contributed by atoms with E-state index in [0.717, 1.165) is 22.2 Å². The first-order valence-electron chi connectivity index (χ1n) is 6.44. The molecule has 0 bridgehead atoms. The lowest BCUT2D eigenvalue weighted by molar-refractivity contribution is -0.116. The van der Waals surface area contributed by atoms with Crippen molar-refractivity contribution < 1.29 is 9.18 Å². The maximum absolute atomic E-state index is 13.0. The number of nitrogens with one attached hydrogen (secondary N) is 1. The van der Waals surface area contributed by atoms with Gasteiger partial charge in [-0.25, -0.2) is 9.37 Å². The molecule has 1 aromatic carbocycles. The van der Waals surface area contributed by atoms with Crippen LogP contribution in [0.1, 0.15) is 18.5 Å². The van der Waals surface area contributed by atoms with Crippen molar-refractivity contribution in [3.8, 4) is 0 Å². The molecule has 1 amide bonds. The molecule has 0 fully saturated rings. The molecular weight excluding hydrogens is 309 g/mol. The molecular formula is C14H16FN3OS2. The van der Waals surface area contributed by atoms with Gasteiger partial charge in [-0.1, -0.05) is 11.8 Å². The second-order valence-corrected chi connectivity index (χ2v) is 6.69. The fourth-order valence-electron chi connectivity index (χ4n) is 1.64. The third-order valence-corrected chi connectivity index (χ3v) is 4.88. The highest BCUT2D eigenvalue weighted by atomic mass is 32.2. The van der Waals surface area contributed by atoms with Gasteiger partial charge in [0, 0.05) is 28.9 Å². The van der Waals surface area contributed by atoms with E-state index in [1.807, 2.05) is 12.3 Å². The number of carbonyl (C=O) groups is 1. The van der Waals surface area contributed by atoms with Crippen LogP contribution >= 0.6 is 23.1 Å². The third-order valence-electron chi connectivity index (χ3n) is 2.65. The van der Waals surface area contributed by atoms with Gasteiger partial charge in [-0.3, -0.25) is 4.79 Å². The van der Waals surface area contributed by atoms with Gasteiger partial charge >= 0.3 is 0 Å². The van der Waals surface area contributed by atoms with E-state index in [1.54, 1.807) is 23.1 Å². The number of rotatable bonds is 6. The Morgan fingerprint density at radius 2 is 2.33 bits per heavy atom. The van der Waals surface area contributed by atoms with E-state index >= 15 is 0 Å². The lowest BCUT2D eigenvalue weighted by Crippen LogP contribution is -2.11. The topological polar surface area (TPSA) is 68.0 Å². The van der Waals surface area contributed by atoms with Crippen LogP contribution < -0.4 is 11.1 Å². The smallest absolute Gasteiger partial charge is 0.224 e. The minimum atomic E-state index is -0.483. The monoisotopic (exact) mass is 325 g/mol. The first-order valence-corrected chi connectivity index (χ1v) is 8.31. The summed E-state index contributed by atoms with van der Waals surface area (Å²) in [6.07, 6.45) is 1.17. The van der Waals surface area contributed by atoms with E-state index < -0.39 is 5.82 Å². The third kappa shape index (κ3) is 5.02. The molecule has 0 unspecified atom stereocenters. The summed E-state index contributed by atoms with van der Waals surface area (Å²) in [5, 5.41) is 4.71. The lowest BCUT2D eigenvalue weighted by Gasteiger charge is -2.06. The molecule has 0 radical (unpaired) electrons. The fourth-order valence-corrected chi connectivity index (χ4v) is 3.49. The van der Waals surface area contributed by atoms with Gasteiger partial charge in [0.25, 0.3) is 0 Å². The maximum Gasteiger partial charge on any atom is 0.224 e. The summed E-state index contributed by atoms with van der Waals surface area (Å²) >= 11 is 3.27. The highest BCUT2D eigenvalue weighted by Gasteiger charge is 2.05. The van der Waals surface area contributed by atoms with Crippen LogP contribution in [0.3, 0.4) is 0 Å². The highest BCUT2D eigenvalue weighted by molar-refractivity contribution is 8.01. The molecule has 0 aliphatic rings. The number of hydrogen-bond donors (Lipinski definition) is 2. The zero-order valence-electron chi connectivity index (χ0n) is 11.6. The zero-order valence-corrected chi connectivity index (χ0v) is 13.2. The number of carbonyl (C=O) groups excluding carboxylic acids is 1. The molecule has 112 valence electrons. The van der Waals surface area contributed by atoms with Crippen LogP contribution in [0.15, 0.2) is 27.9 Å². The van der Waals surface area contributed by atoms with Gasteiger partial charge in [-0.15, -0.1) is 11.3 Å². The fraction of sp³-hybridized carbons (Fsp3) is 0.286. The van der Waals surface area contributed by atoms with Gasteiger partial charge in [-0.2, -0.15) is 0 Å². The van der Waals surface area contributed by atoms with Gasteiger partial charge in [0.15, 0.2) is 0 Å². The van der Waals surface area contributed by atoms with Gasteiger partial charge < -0.3 is 11.1 Å². The summed E-state index contributed by atoms with van der Waals surface area (Å²) in [6, 6.07) is 4.16. The van der Waals surface area contributed by atoms with Gasteiger partial charge in [0.2, 0.25) is 5.91 Å². The average molecular weight is 325 g/mol. The number of hydrogen-bond acceptors (Lipinski definition) is 5. The van der Waals surface area contributed by atoms with Crippen molar-refractivity contribution in [2.24, 2.45) is 0 Å². The van der Waals surface area contributed by atoms with Crippen molar-refractivity contribution in [1.82, 2.24) is 4.98 Å². The van der Waals surface area contributed by atoms with Crippen molar-refractivity contribution in [3.05, 3.63) is 35.1 Å². The van der Waals surface area contributed by atoms with Crippen molar-refractivity contribution in [1.29, 1.82) is 0 Å². The Hall–Kier alpha value is -1.60. The number of aryl methyl sites for hydroxylation is 1. The predicted octanol–water partition coefficient (Wildman–Crippen LogP) is 3.68. The number of nitrogen functional groups attached to an aromatic ring is 1. The number of nitrogens with zero attached hydrogens (tertiary/aromatic N) is 1. The van der Waals surface area contributed by atoms with E-state index in [2.05, 4.69) is 10.3 Å². The molecule has 0 atom stereocenters. The van der Waals surface area contributed by atoms with Crippen molar-refractivity contribution >= 4 is 40.4 Å². The predicted molar refractivity (Wildman–Crippen MR) is 86.3 cm³/mol. The second kappa shape index (κ2) is 7.42. The summed E-state index contributed by atoms with van der Waals surface area (Å²) in [5.74, 6) is 0.256. The van der Waals surface area contributed by atoms with Crippen LogP contribution in [-0.4, -0.2) is 16.6 Å². The van der Waals surface area contributed by atoms with Gasteiger partial charge in [-0.05, 0) is 31.5 Å². The Labute approximate surface area is 131 Å². The van der Waals surface area contributed by atoms with E-state index in [-0.39, 0.29) is 11.6 Å². The number of thioether (sulfide) groups is 1. The number of anilines is 2. The lowest BCUT2D eigenvalue weighted by atomic mass is 10.2. The number of nitrogens with two attached hydrogens (primary N) is 1. The molecule has 4 nitrogen and oxygen atoms in total. The molecule has 1 heterocycles. The number of amides is 1. The molecule has 7 heteroatoms. The normalized spacial score (nSPS) is 10.6. The quantitative estimate of drug-likeness (QED) is 0.483. The first-order chi connectivity index (χ1) is 10.0. The van der Waals surface area contributed by atoms with Gasteiger partial charge in [0.05, 0.1) is 5.69 Å². The van der Waals surface area contributed by atoms with Crippen LogP contribution in [0.2, 0.25) is 0 Å². The van der Waals surface area contributed by atoms with E-state index in [9.17, 15) is 9.18 Å². The van der Waals surface area contributed by atoms with Crippen molar-refractivity contribution in [2.45, 2.75) is 24.1 Å². The van der Waals surface area contributed by atoms with E-state index in [1.165, 1.54) is 18.2 Å². The van der Waals surface area contributed by atoms with Crippen LogP contribution in [-0.2, 0) is 4.79 Å². The van der Waals surface area contributed by atoms with Crippen LogP contribution in [0.5, 0.6) is 0 Å². The van der Waals surface area contributed by atoms with Crippen LogP contribution in [0, 0.1) is 12.7 Å². The molecule has 2 rings (SSSR count). The van der Waals surface area contributed by atoms with Crippen molar-refractivity contribution in [3.63, 3.8) is 0 Å². The Balaban J connectivity index is 1.71. The molecule has 0 saturated carbocycles. The minimum Gasteiger partial charge on any atom is -0.396 e. The molecule has 0 aliphatic carbocycles. The molecule has 0 saturated heterocycles. The largest absolute Gasteiger partial charge is 0.396 e. The average Bonchev–Trinajstić information content (AvgIpc) is 2.85. The van der Waals surface area contributed by atoms with Crippen molar-refractivity contribution in [2.75, 3.05) is 16.8 Å². The highest BCUT2D eigenvalue weighted by Crippen LogP contribution is 2.23. The second-order valence-electron chi connectivity index (χ2n) is 4.49. The summed E-state index contributed by atoms with van der Waals surface area (Å²) in [7, 11) is 0. The molecule has 21 heavy (non-hydrogen) atoms. The summed E-state index contributed by atoms with van der Waals surface area (Å²) in [4.78, 5) is 16.1. The van der Waals surface area contributed by atoms with E-state index in [4.69, 9.17) is 5.73 Å². The molecule has 0 spiro atoms. The maximum atomic E-state index is 13.0. The first kappa shape index (κ1) is 15.8. The van der Waals surface area contributed by atoms with E-state index in [0.29, 0.717) is 12.1 Å². The van der Waals surface area contributed by atoms with Gasteiger partial charge in [0.1, 0.15) is 10.2 Å². The zero-order chi connectivity index (χ0) is 15.2. The molecule has 0 aliphatic heterocycles. The Morgan fingerprint density at radius 3 is 3.00 bits per heavy atom. The molecule has 3 N–H and O–H groups in total. The summed E-state index contributed by atoms with van der Waals surface area (Å²) in [6.45, 7) is 1.96. The SMILES string of the molecule is Cc1csc(SCCCC(=O)Nc2ccc(F)c(N)c2)n1. The Morgan fingerprint density at radius 1 is 1.52 bits per heavy atom. The number of benzene rings is 1. The van der Waals surface area contributed by atoms with Crippen LogP contribution in [0.4, 0.5) is 15.8 Å². The van der Waals surface area contributed by atoms with Crippen LogP contribution in [0.25, 0.3) is 0 Å². The minimum absolute atomic E-state index is 0.0301. The number of thiazole rings is 1. The summed E-state index contributed by atoms with van der Waals surface area (Å²) in [5.41, 5.74) is 7.02. The standard InChI is InChI=1S/C14H16FN3OS2/c1-9-8-21-14(17-9)20-6-2-3-13(19)18-10-4-5-11(15)12(16)7-10/h4-5,7-8H,2-3,6,16H2,1H3,(H,18,19). The summed E-state index contributed by atoms with van der Waals surface area (Å²) < 4.78 is 14.0. The number of aromatic nitrogens is 1. The Bertz CT molecular complexity index is 630. The Kier molecular flexibility index (Phi) is 5.58.